The molecular formula is C14H8F2N2O2. The third-order valence-electron chi connectivity index (χ3n) is 2.97. The van der Waals surface area contributed by atoms with Gasteiger partial charge >= 0.3 is 5.69 Å². The van der Waals surface area contributed by atoms with Gasteiger partial charge in [-0.3, -0.25) is 4.79 Å². The second-order valence-electron chi connectivity index (χ2n) is 4.18. The number of fused-ring (bicyclic) bond motifs is 1. The zero-order chi connectivity index (χ0) is 14.3. The molecule has 100 valence electrons. The first-order valence-corrected chi connectivity index (χ1v) is 5.78. The number of para-hydroxylation sites is 1. The summed E-state index contributed by atoms with van der Waals surface area (Å²) in [5, 5.41) is -0.282. The van der Waals surface area contributed by atoms with E-state index in [1.54, 1.807) is 0 Å². The van der Waals surface area contributed by atoms with Crippen LogP contribution in [0.5, 0.6) is 0 Å². The van der Waals surface area contributed by atoms with Gasteiger partial charge in [0.25, 0.3) is 5.56 Å². The Hall–Kier alpha value is -2.76. The van der Waals surface area contributed by atoms with Gasteiger partial charge in [-0.15, -0.1) is 0 Å². The van der Waals surface area contributed by atoms with Gasteiger partial charge in [-0.25, -0.2) is 18.1 Å². The predicted octanol–water partition coefficient (Wildman–Crippen LogP) is 1.96. The highest BCUT2D eigenvalue weighted by atomic mass is 19.1. The van der Waals surface area contributed by atoms with Crippen LogP contribution in [0.1, 0.15) is 0 Å². The number of nitrogens with zero attached hydrogens (tertiary/aromatic N) is 1. The summed E-state index contributed by atoms with van der Waals surface area (Å²) < 4.78 is 28.1. The first-order valence-electron chi connectivity index (χ1n) is 5.78. The number of hydrogen-bond donors (Lipinski definition) is 1. The minimum absolute atomic E-state index is 0.0765. The van der Waals surface area contributed by atoms with Crippen LogP contribution in [-0.4, -0.2) is 9.55 Å². The van der Waals surface area contributed by atoms with Crippen molar-refractivity contribution in [1.82, 2.24) is 9.55 Å². The van der Waals surface area contributed by atoms with Gasteiger partial charge in [0, 0.05) is 0 Å². The van der Waals surface area contributed by atoms with Gasteiger partial charge in [0.15, 0.2) is 0 Å². The fourth-order valence-corrected chi connectivity index (χ4v) is 2.07. The Morgan fingerprint density at radius 3 is 2.35 bits per heavy atom. The Labute approximate surface area is 110 Å². The van der Waals surface area contributed by atoms with Gasteiger partial charge in [0.2, 0.25) is 0 Å². The molecule has 1 N–H and O–H groups in total. The average Bonchev–Trinajstić information content (AvgIpc) is 2.40. The number of benzene rings is 2. The average molecular weight is 274 g/mol. The fraction of sp³-hybridized carbons (Fsp3) is 0. The molecule has 0 saturated carbocycles. The molecule has 20 heavy (non-hydrogen) atoms. The highest BCUT2D eigenvalue weighted by Crippen LogP contribution is 2.12. The third kappa shape index (κ3) is 1.73. The van der Waals surface area contributed by atoms with Crippen LogP contribution in [0.4, 0.5) is 8.78 Å². The molecule has 0 aliphatic heterocycles. The molecule has 0 aliphatic carbocycles. The van der Waals surface area contributed by atoms with E-state index in [0.717, 1.165) is 12.1 Å². The third-order valence-corrected chi connectivity index (χ3v) is 2.97. The van der Waals surface area contributed by atoms with Gasteiger partial charge in [0.05, 0.1) is 16.6 Å². The zero-order valence-electron chi connectivity index (χ0n) is 10.1. The van der Waals surface area contributed by atoms with Gasteiger partial charge in [-0.05, 0) is 24.3 Å². The molecule has 0 spiro atoms. The molecule has 0 bridgehead atoms. The van der Waals surface area contributed by atoms with Crippen molar-refractivity contribution in [3.05, 3.63) is 74.9 Å². The molecule has 4 nitrogen and oxygen atoms in total. The molecule has 0 aliphatic rings. The maximum atomic E-state index is 13.7. The normalized spacial score (nSPS) is 10.9. The Bertz CT molecular complexity index is 928. The van der Waals surface area contributed by atoms with E-state index in [9.17, 15) is 18.4 Å². The predicted molar refractivity (Wildman–Crippen MR) is 70.1 cm³/mol. The molecule has 0 saturated heterocycles. The van der Waals surface area contributed by atoms with Gasteiger partial charge in [-0.2, -0.15) is 0 Å². The number of hydrogen-bond acceptors (Lipinski definition) is 2. The first kappa shape index (κ1) is 12.3. The van der Waals surface area contributed by atoms with E-state index in [1.807, 2.05) is 0 Å². The summed E-state index contributed by atoms with van der Waals surface area (Å²) >= 11 is 0. The summed E-state index contributed by atoms with van der Waals surface area (Å²) in [6.07, 6.45) is 0. The van der Waals surface area contributed by atoms with E-state index in [-0.39, 0.29) is 16.6 Å². The molecule has 3 aromatic rings. The van der Waals surface area contributed by atoms with Crippen LogP contribution in [0.25, 0.3) is 16.6 Å². The summed E-state index contributed by atoms with van der Waals surface area (Å²) in [5.41, 5.74) is -1.86. The molecule has 1 aromatic heterocycles. The molecule has 2 aromatic carbocycles. The monoisotopic (exact) mass is 274 g/mol. The Balaban J connectivity index is 2.50. The van der Waals surface area contributed by atoms with Crippen LogP contribution in [0.3, 0.4) is 0 Å². The van der Waals surface area contributed by atoms with Crippen molar-refractivity contribution in [2.24, 2.45) is 0 Å². The number of halogens is 2. The van der Waals surface area contributed by atoms with Crippen LogP contribution in [-0.2, 0) is 0 Å². The van der Waals surface area contributed by atoms with Crippen molar-refractivity contribution >= 4 is 10.9 Å². The SMILES string of the molecule is O=c1[nH]c2cccc(F)c2c(=O)n1-c1ccccc1F. The Morgan fingerprint density at radius 2 is 1.60 bits per heavy atom. The molecular weight excluding hydrogens is 266 g/mol. The largest absolute Gasteiger partial charge is 0.333 e. The second-order valence-corrected chi connectivity index (χ2v) is 4.18. The van der Waals surface area contributed by atoms with Crippen LogP contribution < -0.4 is 11.2 Å². The van der Waals surface area contributed by atoms with E-state index in [0.29, 0.717) is 4.57 Å². The first-order chi connectivity index (χ1) is 9.59. The highest BCUT2D eigenvalue weighted by molar-refractivity contribution is 5.78. The van der Waals surface area contributed by atoms with Crippen molar-refractivity contribution in [2.75, 3.05) is 0 Å². The highest BCUT2D eigenvalue weighted by Gasteiger charge is 2.14. The number of nitrogens with one attached hydrogen (secondary N) is 1. The van der Waals surface area contributed by atoms with Gasteiger partial charge < -0.3 is 4.98 Å². The number of rotatable bonds is 1. The van der Waals surface area contributed by atoms with Crippen LogP contribution in [0.15, 0.2) is 52.1 Å². The molecule has 1 heterocycles. The molecule has 0 radical (unpaired) electrons. The second kappa shape index (κ2) is 4.41. The maximum Gasteiger partial charge on any atom is 0.333 e. The van der Waals surface area contributed by atoms with E-state index >= 15 is 0 Å². The summed E-state index contributed by atoms with van der Waals surface area (Å²) in [4.78, 5) is 26.6. The van der Waals surface area contributed by atoms with Crippen molar-refractivity contribution < 1.29 is 8.78 Å². The summed E-state index contributed by atoms with van der Waals surface area (Å²) in [6, 6.07) is 9.20. The van der Waals surface area contributed by atoms with Gasteiger partial charge in [0.1, 0.15) is 11.6 Å². The molecule has 0 fully saturated rings. The maximum absolute atomic E-state index is 13.7. The molecule has 0 amide bonds. The van der Waals surface area contributed by atoms with Crippen molar-refractivity contribution in [2.45, 2.75) is 0 Å². The molecule has 0 unspecified atom stereocenters. The molecule has 6 heteroatoms. The van der Waals surface area contributed by atoms with E-state index in [2.05, 4.69) is 4.98 Å². The van der Waals surface area contributed by atoms with E-state index < -0.39 is 22.9 Å². The quantitative estimate of drug-likeness (QED) is 0.737. The standard InChI is InChI=1S/C14H8F2N2O2/c15-8-4-1-2-7-11(8)18-13(19)12-9(16)5-3-6-10(12)17-14(18)20/h1-7H,(H,17,20). The minimum atomic E-state index is -0.896. The van der Waals surface area contributed by atoms with Gasteiger partial charge in [-0.1, -0.05) is 18.2 Å². The lowest BCUT2D eigenvalue weighted by Crippen LogP contribution is -2.34. The fourth-order valence-electron chi connectivity index (χ4n) is 2.07. The van der Waals surface area contributed by atoms with E-state index in [1.165, 1.54) is 30.3 Å². The van der Waals surface area contributed by atoms with Crippen molar-refractivity contribution in [3.8, 4) is 5.69 Å². The lowest BCUT2D eigenvalue weighted by molar-refractivity contribution is 0.611. The molecule has 3 rings (SSSR count). The smallest absolute Gasteiger partial charge is 0.306 e. The van der Waals surface area contributed by atoms with Crippen molar-refractivity contribution in [1.29, 1.82) is 0 Å². The summed E-state index contributed by atoms with van der Waals surface area (Å²) in [7, 11) is 0. The number of aromatic nitrogens is 2. The zero-order valence-corrected chi connectivity index (χ0v) is 10.1. The topological polar surface area (TPSA) is 54.9 Å². The summed E-state index contributed by atoms with van der Waals surface area (Å²) in [5.74, 6) is -1.51. The number of H-pyrrole nitrogens is 1. The minimum Gasteiger partial charge on any atom is -0.306 e. The van der Waals surface area contributed by atoms with E-state index in [4.69, 9.17) is 0 Å². The lowest BCUT2D eigenvalue weighted by atomic mass is 10.2. The Morgan fingerprint density at radius 1 is 0.900 bits per heavy atom. The number of aromatic amines is 1. The Kier molecular flexibility index (Phi) is 2.71. The van der Waals surface area contributed by atoms with Crippen LogP contribution >= 0.6 is 0 Å². The van der Waals surface area contributed by atoms with Crippen LogP contribution in [0, 0.1) is 11.6 Å². The molecule has 0 atom stereocenters. The van der Waals surface area contributed by atoms with Crippen LogP contribution in [0.2, 0.25) is 0 Å². The van der Waals surface area contributed by atoms with Crippen molar-refractivity contribution in [3.63, 3.8) is 0 Å². The lowest BCUT2D eigenvalue weighted by Gasteiger charge is -2.07. The summed E-state index contributed by atoms with van der Waals surface area (Å²) in [6.45, 7) is 0.